The van der Waals surface area contributed by atoms with E-state index in [0.29, 0.717) is 28.4 Å². The molecule has 2 heterocycles. The lowest BCUT2D eigenvalue weighted by Gasteiger charge is -2.37. The molecule has 1 aliphatic heterocycles. The van der Waals surface area contributed by atoms with Gasteiger partial charge in [0.05, 0.1) is 24.1 Å². The number of hydrogen-bond donors (Lipinski definition) is 0. The van der Waals surface area contributed by atoms with Gasteiger partial charge in [0.15, 0.2) is 0 Å². The molecule has 3 aromatic carbocycles. The van der Waals surface area contributed by atoms with Crippen LogP contribution in [-0.4, -0.2) is 56.9 Å². The summed E-state index contributed by atoms with van der Waals surface area (Å²) in [6, 6.07) is 19.3. The van der Waals surface area contributed by atoms with E-state index in [4.69, 9.17) is 27.9 Å². The Labute approximate surface area is 236 Å². The van der Waals surface area contributed by atoms with Crippen LogP contribution in [0.15, 0.2) is 77.0 Å². The Balaban J connectivity index is 1.51. The molecule has 1 aliphatic rings. The normalized spacial score (nSPS) is 15.7. The lowest BCUT2D eigenvalue weighted by atomic mass is 9.93. The zero-order chi connectivity index (χ0) is 26.9. The summed E-state index contributed by atoms with van der Waals surface area (Å²) >= 11 is 14.4. The van der Waals surface area contributed by atoms with Gasteiger partial charge in [-0.05, 0) is 52.6 Å². The molecule has 0 saturated carbocycles. The number of amides is 1. The molecule has 10 heteroatoms. The van der Waals surface area contributed by atoms with E-state index in [1.807, 2.05) is 35.7 Å². The molecule has 0 N–H and O–H groups in total. The Morgan fingerprint density at radius 2 is 1.87 bits per heavy atom. The number of sulfonamides is 1. The molecule has 0 saturated heterocycles. The van der Waals surface area contributed by atoms with Crippen LogP contribution in [-0.2, 0) is 26.0 Å². The molecule has 1 amide bonds. The van der Waals surface area contributed by atoms with Crippen LogP contribution < -0.4 is 0 Å². The van der Waals surface area contributed by atoms with Gasteiger partial charge in [0.25, 0.3) is 0 Å². The SMILES string of the molecule is COCCN(CC(=O)N1CCc2sccc2C1c1ccc(Cl)cc1Cl)S(=O)(=O)c1cccc2ccccc12. The highest BCUT2D eigenvalue weighted by molar-refractivity contribution is 7.89. The van der Waals surface area contributed by atoms with Crippen molar-refractivity contribution in [3.8, 4) is 0 Å². The molecule has 4 aromatic rings. The van der Waals surface area contributed by atoms with Crippen molar-refractivity contribution in [2.45, 2.75) is 17.4 Å². The molecule has 0 fully saturated rings. The van der Waals surface area contributed by atoms with Crippen molar-refractivity contribution in [3.63, 3.8) is 0 Å². The van der Waals surface area contributed by atoms with Gasteiger partial charge in [0.1, 0.15) is 0 Å². The maximum absolute atomic E-state index is 13.9. The van der Waals surface area contributed by atoms with Gasteiger partial charge in [0, 0.05) is 40.5 Å². The van der Waals surface area contributed by atoms with E-state index in [1.54, 1.807) is 52.6 Å². The predicted molar refractivity (Wildman–Crippen MR) is 153 cm³/mol. The molecule has 0 spiro atoms. The number of methoxy groups -OCH3 is 1. The van der Waals surface area contributed by atoms with Crippen LogP contribution >= 0.6 is 34.5 Å². The highest BCUT2D eigenvalue weighted by Crippen LogP contribution is 2.41. The molecule has 1 aromatic heterocycles. The third-order valence-corrected chi connectivity index (χ3v) is 10.2. The Hall–Kier alpha value is -2.46. The fourth-order valence-corrected chi connectivity index (χ4v) is 7.93. The van der Waals surface area contributed by atoms with Crippen molar-refractivity contribution >= 4 is 61.2 Å². The Kier molecular flexibility index (Phi) is 8.09. The first-order chi connectivity index (χ1) is 18.3. The quantitative estimate of drug-likeness (QED) is 0.252. The lowest BCUT2D eigenvalue weighted by Crippen LogP contribution is -2.47. The smallest absolute Gasteiger partial charge is 0.244 e. The van der Waals surface area contributed by atoms with E-state index < -0.39 is 16.1 Å². The summed E-state index contributed by atoms with van der Waals surface area (Å²) in [5.74, 6) is -0.308. The van der Waals surface area contributed by atoms with Gasteiger partial charge in [-0.15, -0.1) is 11.3 Å². The average molecular weight is 590 g/mol. The number of ether oxygens (including phenoxy) is 1. The number of carbonyl (C=O) groups excluding carboxylic acids is 1. The van der Waals surface area contributed by atoms with Crippen LogP contribution in [0, 0.1) is 0 Å². The second-order valence-electron chi connectivity index (χ2n) is 9.01. The van der Waals surface area contributed by atoms with E-state index in [9.17, 15) is 13.2 Å². The van der Waals surface area contributed by atoms with Gasteiger partial charge in [-0.25, -0.2) is 8.42 Å². The summed E-state index contributed by atoms with van der Waals surface area (Å²) in [5.41, 5.74) is 1.75. The van der Waals surface area contributed by atoms with Crippen LogP contribution in [0.3, 0.4) is 0 Å². The number of halogens is 2. The number of fused-ring (bicyclic) bond motifs is 2. The molecule has 38 heavy (non-hydrogen) atoms. The van der Waals surface area contributed by atoms with Crippen molar-refractivity contribution < 1.29 is 17.9 Å². The molecule has 0 radical (unpaired) electrons. The zero-order valence-electron chi connectivity index (χ0n) is 20.6. The number of nitrogens with zero attached hydrogens (tertiary/aromatic N) is 2. The van der Waals surface area contributed by atoms with Gasteiger partial charge in [-0.2, -0.15) is 4.31 Å². The van der Waals surface area contributed by atoms with Gasteiger partial charge in [0.2, 0.25) is 15.9 Å². The molecule has 0 bridgehead atoms. The van der Waals surface area contributed by atoms with Crippen LogP contribution in [0.1, 0.15) is 22.0 Å². The Morgan fingerprint density at radius 3 is 2.66 bits per heavy atom. The molecule has 198 valence electrons. The van der Waals surface area contributed by atoms with Crippen molar-refractivity contribution in [2.24, 2.45) is 0 Å². The van der Waals surface area contributed by atoms with Gasteiger partial charge in [-0.1, -0.05) is 65.7 Å². The van der Waals surface area contributed by atoms with E-state index in [0.717, 1.165) is 16.5 Å². The molecular weight excluding hydrogens is 563 g/mol. The van der Waals surface area contributed by atoms with E-state index in [-0.39, 0.29) is 30.5 Å². The van der Waals surface area contributed by atoms with Crippen LogP contribution in [0.5, 0.6) is 0 Å². The molecule has 0 aliphatic carbocycles. The highest BCUT2D eigenvalue weighted by atomic mass is 35.5. The van der Waals surface area contributed by atoms with Crippen LogP contribution in [0.25, 0.3) is 10.8 Å². The van der Waals surface area contributed by atoms with Gasteiger partial charge < -0.3 is 9.64 Å². The first-order valence-electron chi connectivity index (χ1n) is 12.1. The van der Waals surface area contributed by atoms with Crippen molar-refractivity contribution in [3.05, 3.63) is 98.2 Å². The fourth-order valence-electron chi connectivity index (χ4n) is 4.92. The van der Waals surface area contributed by atoms with Crippen LogP contribution in [0.4, 0.5) is 0 Å². The van der Waals surface area contributed by atoms with Crippen molar-refractivity contribution in [1.82, 2.24) is 9.21 Å². The monoisotopic (exact) mass is 588 g/mol. The maximum atomic E-state index is 13.9. The fraction of sp³-hybridized carbons (Fsp3) is 0.250. The number of thiophene rings is 1. The van der Waals surface area contributed by atoms with Crippen LogP contribution in [0.2, 0.25) is 10.0 Å². The summed E-state index contributed by atoms with van der Waals surface area (Å²) in [6.07, 6.45) is 0.689. The number of hydrogen-bond acceptors (Lipinski definition) is 5. The topological polar surface area (TPSA) is 66.9 Å². The van der Waals surface area contributed by atoms with E-state index in [2.05, 4.69) is 0 Å². The zero-order valence-corrected chi connectivity index (χ0v) is 23.8. The molecule has 1 atom stereocenters. The standard InChI is InChI=1S/C28H26Cl2N2O4S2/c1-36-15-14-31(38(34,35)26-8-4-6-19-5-2-3-7-21(19)26)18-27(33)32-13-11-25-23(12-16-37-25)28(32)22-10-9-20(29)17-24(22)30/h2-10,12,16-17,28H,11,13-15,18H2,1H3. The highest BCUT2D eigenvalue weighted by Gasteiger charge is 2.36. The van der Waals surface area contributed by atoms with Gasteiger partial charge >= 0.3 is 0 Å². The molecule has 6 nitrogen and oxygen atoms in total. The maximum Gasteiger partial charge on any atom is 0.244 e. The Morgan fingerprint density at radius 1 is 1.08 bits per heavy atom. The molecule has 5 rings (SSSR count). The van der Waals surface area contributed by atoms with Crippen molar-refractivity contribution in [1.29, 1.82) is 0 Å². The first kappa shape index (κ1) is 27.1. The lowest BCUT2D eigenvalue weighted by molar-refractivity contribution is -0.133. The molecular formula is C28H26Cl2N2O4S2. The summed E-state index contributed by atoms with van der Waals surface area (Å²) < 4.78 is 34.3. The number of rotatable bonds is 8. The van der Waals surface area contributed by atoms with E-state index in [1.165, 1.54) is 16.3 Å². The first-order valence-corrected chi connectivity index (χ1v) is 15.2. The summed E-state index contributed by atoms with van der Waals surface area (Å²) in [6.45, 7) is 0.314. The third kappa shape index (κ3) is 5.21. The Bertz CT molecular complexity index is 1580. The minimum atomic E-state index is -4.01. The minimum absolute atomic E-state index is 0.0394. The van der Waals surface area contributed by atoms with Gasteiger partial charge in [-0.3, -0.25) is 4.79 Å². The molecule has 1 unspecified atom stereocenters. The number of benzene rings is 3. The second kappa shape index (κ2) is 11.3. The number of carbonyl (C=O) groups is 1. The third-order valence-electron chi connectivity index (χ3n) is 6.77. The summed E-state index contributed by atoms with van der Waals surface area (Å²) in [5, 5.41) is 4.39. The second-order valence-corrected chi connectivity index (χ2v) is 12.8. The predicted octanol–water partition coefficient (Wildman–Crippen LogP) is 6.02. The summed E-state index contributed by atoms with van der Waals surface area (Å²) in [4.78, 5) is 17.0. The summed E-state index contributed by atoms with van der Waals surface area (Å²) in [7, 11) is -2.51. The van der Waals surface area contributed by atoms with E-state index >= 15 is 0 Å². The minimum Gasteiger partial charge on any atom is -0.383 e. The largest absolute Gasteiger partial charge is 0.383 e. The average Bonchev–Trinajstić information content (AvgIpc) is 3.39. The van der Waals surface area contributed by atoms with Crippen molar-refractivity contribution in [2.75, 3.05) is 33.4 Å².